The van der Waals surface area contributed by atoms with E-state index in [0.717, 1.165) is 30.5 Å². The van der Waals surface area contributed by atoms with Crippen LogP contribution in [0.3, 0.4) is 0 Å². The van der Waals surface area contributed by atoms with Crippen LogP contribution in [0.4, 0.5) is 11.5 Å². The van der Waals surface area contributed by atoms with E-state index in [-0.39, 0.29) is 34.8 Å². The number of amides is 2. The molecule has 0 radical (unpaired) electrons. The molecule has 1 aliphatic carbocycles. The largest absolute Gasteiger partial charge is 0.365 e. The van der Waals surface area contributed by atoms with Gasteiger partial charge in [-0.15, -0.1) is 0 Å². The predicted molar refractivity (Wildman–Crippen MR) is 117 cm³/mol. The molecule has 1 fully saturated rings. The fraction of sp³-hybridized carbons (Fsp3) is 0.500. The summed E-state index contributed by atoms with van der Waals surface area (Å²) < 4.78 is 1.58. The van der Waals surface area contributed by atoms with Crippen molar-refractivity contribution in [2.45, 2.75) is 64.5 Å². The van der Waals surface area contributed by atoms with Gasteiger partial charge in [0.15, 0.2) is 0 Å². The van der Waals surface area contributed by atoms with Crippen LogP contribution in [-0.2, 0) is 11.2 Å². The minimum atomic E-state index is -0.646. The molecule has 0 aromatic carbocycles. The summed E-state index contributed by atoms with van der Waals surface area (Å²) >= 11 is 0. The van der Waals surface area contributed by atoms with Crippen molar-refractivity contribution in [1.82, 2.24) is 14.5 Å². The van der Waals surface area contributed by atoms with E-state index in [1.807, 2.05) is 13.8 Å². The Morgan fingerprint density at radius 3 is 2.81 bits per heavy atom. The molecule has 3 heterocycles. The number of rotatable bonds is 6. The van der Waals surface area contributed by atoms with Gasteiger partial charge in [-0.3, -0.25) is 19.0 Å². The van der Waals surface area contributed by atoms with E-state index in [4.69, 9.17) is 5.73 Å². The number of hydrogen-bond acceptors (Lipinski definition) is 6. The number of nitrogens with zero attached hydrogens (tertiary/aromatic N) is 4. The lowest BCUT2D eigenvalue weighted by atomic mass is 9.92. The Hall–Kier alpha value is -3.23. The van der Waals surface area contributed by atoms with E-state index in [9.17, 15) is 14.4 Å². The molecule has 0 bridgehead atoms. The topological polar surface area (TPSA) is 123 Å². The second-order valence-electron chi connectivity index (χ2n) is 8.25. The minimum Gasteiger partial charge on any atom is -0.365 e. The average Bonchev–Trinajstić information content (AvgIpc) is 3.19. The molecule has 2 amide bonds. The monoisotopic (exact) mass is 424 g/mol. The van der Waals surface area contributed by atoms with Gasteiger partial charge in [0, 0.05) is 36.5 Å². The lowest BCUT2D eigenvalue weighted by molar-refractivity contribution is -0.117. The molecule has 9 heteroatoms. The highest BCUT2D eigenvalue weighted by atomic mass is 16.2. The van der Waals surface area contributed by atoms with E-state index in [1.165, 1.54) is 17.3 Å². The number of fused-ring (bicyclic) bond motifs is 1. The normalized spacial score (nSPS) is 19.2. The maximum absolute atomic E-state index is 13.5. The van der Waals surface area contributed by atoms with Gasteiger partial charge in [-0.05, 0) is 45.1 Å². The molecule has 1 saturated heterocycles. The van der Waals surface area contributed by atoms with Crippen molar-refractivity contribution in [2.75, 3.05) is 16.8 Å². The lowest BCUT2D eigenvalue weighted by Crippen LogP contribution is -2.37. The van der Waals surface area contributed by atoms with Gasteiger partial charge in [0.25, 0.3) is 11.5 Å². The number of hydrogen-bond donors (Lipinski definition) is 2. The van der Waals surface area contributed by atoms with Crippen LogP contribution in [0.1, 0.15) is 79.7 Å². The molecular weight excluding hydrogens is 396 g/mol. The first-order valence-corrected chi connectivity index (χ1v) is 10.9. The third kappa shape index (κ3) is 3.80. The van der Waals surface area contributed by atoms with Crippen LogP contribution in [0.15, 0.2) is 23.4 Å². The van der Waals surface area contributed by atoms with Gasteiger partial charge in [0.2, 0.25) is 5.91 Å². The molecule has 2 atom stereocenters. The van der Waals surface area contributed by atoms with Crippen LogP contribution < -0.4 is 21.5 Å². The number of aromatic nitrogens is 3. The maximum atomic E-state index is 13.5. The molecule has 3 N–H and O–H groups in total. The molecule has 9 nitrogen and oxygen atoms in total. The first kappa shape index (κ1) is 21.0. The average molecular weight is 425 g/mol. The quantitative estimate of drug-likeness (QED) is 0.734. The van der Waals surface area contributed by atoms with Crippen LogP contribution in [0, 0.1) is 0 Å². The van der Waals surface area contributed by atoms with Gasteiger partial charge in [-0.2, -0.15) is 0 Å². The number of nitrogens with one attached hydrogen (secondary N) is 1. The Kier molecular flexibility index (Phi) is 5.75. The van der Waals surface area contributed by atoms with Gasteiger partial charge in [-0.25, -0.2) is 9.97 Å². The molecule has 1 aliphatic heterocycles. The molecule has 0 saturated carbocycles. The van der Waals surface area contributed by atoms with Crippen molar-refractivity contribution >= 4 is 23.3 Å². The lowest BCUT2D eigenvalue weighted by Gasteiger charge is -2.30. The summed E-state index contributed by atoms with van der Waals surface area (Å²) in [7, 11) is 0. The van der Waals surface area contributed by atoms with Crippen molar-refractivity contribution in [3.63, 3.8) is 0 Å². The first-order valence-electron chi connectivity index (χ1n) is 10.9. The van der Waals surface area contributed by atoms with E-state index in [1.54, 1.807) is 10.8 Å². The number of carbonyl (C=O) groups is 2. The smallest absolute Gasteiger partial charge is 0.276 e. The Morgan fingerprint density at radius 2 is 2.13 bits per heavy atom. The van der Waals surface area contributed by atoms with E-state index < -0.39 is 5.91 Å². The number of anilines is 2. The third-order valence-corrected chi connectivity index (χ3v) is 6.30. The number of aryl methyl sites for hydroxylation is 1. The van der Waals surface area contributed by atoms with Gasteiger partial charge in [0.05, 0.1) is 11.6 Å². The van der Waals surface area contributed by atoms with E-state index >= 15 is 0 Å². The molecule has 2 aromatic rings. The maximum Gasteiger partial charge on any atom is 0.276 e. The highest BCUT2D eigenvalue weighted by Gasteiger charge is 2.30. The standard InChI is InChI=1S/C22H28N6O3/c1-3-13(2)28-21(26-17-7-4-6-16-15(17)11-24-12-25-16)14(20(23)30)10-18(22(28)31)27-9-5-8-19(27)29/h10-13,17,26H,3-9H2,1-2H3,(H2,23,30). The molecule has 0 spiro atoms. The zero-order chi connectivity index (χ0) is 22.1. The zero-order valence-corrected chi connectivity index (χ0v) is 17.9. The molecule has 164 valence electrons. The first-order chi connectivity index (χ1) is 14.9. The number of primary amides is 1. The molecule has 2 unspecified atom stereocenters. The molecule has 2 aliphatic rings. The summed E-state index contributed by atoms with van der Waals surface area (Å²) in [4.78, 5) is 48.3. The van der Waals surface area contributed by atoms with Crippen LogP contribution in [-0.4, -0.2) is 32.9 Å². The summed E-state index contributed by atoms with van der Waals surface area (Å²) in [6, 6.07) is 1.14. The minimum absolute atomic E-state index is 0.109. The van der Waals surface area contributed by atoms with Crippen LogP contribution >= 0.6 is 0 Å². The summed E-state index contributed by atoms with van der Waals surface area (Å²) in [6.07, 6.45) is 7.70. The zero-order valence-electron chi connectivity index (χ0n) is 17.9. The van der Waals surface area contributed by atoms with Gasteiger partial charge in [-0.1, -0.05) is 6.92 Å². The fourth-order valence-electron chi connectivity index (χ4n) is 4.47. The summed E-state index contributed by atoms with van der Waals surface area (Å²) in [6.45, 7) is 4.36. The number of pyridine rings is 1. The van der Waals surface area contributed by atoms with Gasteiger partial charge < -0.3 is 16.0 Å². The van der Waals surface area contributed by atoms with Crippen molar-refractivity contribution in [2.24, 2.45) is 5.73 Å². The van der Waals surface area contributed by atoms with Gasteiger partial charge in [0.1, 0.15) is 17.8 Å². The van der Waals surface area contributed by atoms with E-state index in [0.29, 0.717) is 31.6 Å². The fourth-order valence-corrected chi connectivity index (χ4v) is 4.47. The molecular formula is C22H28N6O3. The third-order valence-electron chi connectivity index (χ3n) is 6.30. The highest BCUT2D eigenvalue weighted by molar-refractivity contribution is 6.01. The predicted octanol–water partition coefficient (Wildman–Crippen LogP) is 2.32. The summed E-state index contributed by atoms with van der Waals surface area (Å²) in [5.41, 5.74) is 7.82. The second kappa shape index (κ2) is 8.49. The summed E-state index contributed by atoms with van der Waals surface area (Å²) in [5.74, 6) is -0.362. The molecule has 31 heavy (non-hydrogen) atoms. The Morgan fingerprint density at radius 1 is 1.32 bits per heavy atom. The second-order valence-corrected chi connectivity index (χ2v) is 8.25. The van der Waals surface area contributed by atoms with Crippen LogP contribution in [0.25, 0.3) is 0 Å². The van der Waals surface area contributed by atoms with Crippen LogP contribution in [0.2, 0.25) is 0 Å². The Bertz CT molecular complexity index is 1080. The van der Waals surface area contributed by atoms with Crippen molar-refractivity contribution in [1.29, 1.82) is 0 Å². The summed E-state index contributed by atoms with van der Waals surface area (Å²) in [5, 5.41) is 3.42. The van der Waals surface area contributed by atoms with Gasteiger partial charge >= 0.3 is 0 Å². The molecule has 2 aromatic heterocycles. The number of carbonyl (C=O) groups excluding carboxylic acids is 2. The van der Waals surface area contributed by atoms with Crippen molar-refractivity contribution in [3.8, 4) is 0 Å². The SMILES string of the molecule is CCC(C)n1c(NC2CCCc3ncncc32)c(C(N)=O)cc(N2CCCC2=O)c1=O. The van der Waals surface area contributed by atoms with Crippen molar-refractivity contribution in [3.05, 3.63) is 45.8 Å². The number of nitrogens with two attached hydrogens (primary N) is 1. The Balaban J connectivity index is 1.87. The van der Waals surface area contributed by atoms with Crippen molar-refractivity contribution < 1.29 is 9.59 Å². The Labute approximate surface area is 180 Å². The molecule has 4 rings (SSSR count). The van der Waals surface area contributed by atoms with Crippen LogP contribution in [0.5, 0.6) is 0 Å². The highest BCUT2D eigenvalue weighted by Crippen LogP contribution is 2.34. The van der Waals surface area contributed by atoms with E-state index in [2.05, 4.69) is 15.3 Å².